The van der Waals surface area contributed by atoms with Gasteiger partial charge in [0.25, 0.3) is 0 Å². The lowest BCUT2D eigenvalue weighted by Gasteiger charge is -2.12. The minimum atomic E-state index is -0.372. The van der Waals surface area contributed by atoms with Gasteiger partial charge in [-0.3, -0.25) is 0 Å². The van der Waals surface area contributed by atoms with Crippen molar-refractivity contribution in [1.82, 2.24) is 0 Å². The van der Waals surface area contributed by atoms with Crippen molar-refractivity contribution in [2.24, 2.45) is 5.73 Å². The highest BCUT2D eigenvalue weighted by Crippen LogP contribution is 2.19. The quantitative estimate of drug-likeness (QED) is 0.802. The second-order valence-corrected chi connectivity index (χ2v) is 4.83. The van der Waals surface area contributed by atoms with E-state index in [1.165, 1.54) is 16.7 Å². The van der Waals surface area contributed by atoms with Gasteiger partial charge in [-0.25, -0.2) is 0 Å². The van der Waals surface area contributed by atoms with E-state index < -0.39 is 0 Å². The Labute approximate surface area is 98.5 Å². The number of hydrogen-bond acceptors (Lipinski definition) is 2. The van der Waals surface area contributed by atoms with E-state index >= 15 is 0 Å². The fourth-order valence-electron chi connectivity index (χ4n) is 1.82. The Balaban J connectivity index is 2.72. The molecule has 0 aromatic heterocycles. The predicted octanol–water partition coefficient (Wildman–Crippen LogP) is 2.37. The molecular formula is C14H23NO. The third-order valence-electron chi connectivity index (χ3n) is 2.86. The van der Waals surface area contributed by atoms with E-state index in [0.717, 1.165) is 12.8 Å². The van der Waals surface area contributed by atoms with E-state index in [1.807, 2.05) is 0 Å². The van der Waals surface area contributed by atoms with Crippen molar-refractivity contribution in [3.63, 3.8) is 0 Å². The molecule has 16 heavy (non-hydrogen) atoms. The summed E-state index contributed by atoms with van der Waals surface area (Å²) in [6.45, 7) is 6.87. The maximum absolute atomic E-state index is 9.44. The lowest BCUT2D eigenvalue weighted by molar-refractivity contribution is 0.173. The molecule has 0 spiro atoms. The molecule has 1 rings (SSSR count). The first-order valence-electron chi connectivity index (χ1n) is 6.01. The SMILES string of the molecule is Cc1cc(CC[C@H](O)CN)cc(C(C)C)c1. The van der Waals surface area contributed by atoms with Crippen LogP contribution in [0.3, 0.4) is 0 Å². The standard InChI is InChI=1S/C14H23NO/c1-10(2)13-7-11(3)6-12(8-13)4-5-14(16)9-15/h6-8,10,14,16H,4-5,9,15H2,1-3H3/t14-/m0/s1. The van der Waals surface area contributed by atoms with Gasteiger partial charge in [0, 0.05) is 6.54 Å². The topological polar surface area (TPSA) is 46.2 Å². The van der Waals surface area contributed by atoms with Crippen LogP contribution in [0, 0.1) is 6.92 Å². The van der Waals surface area contributed by atoms with E-state index in [2.05, 4.69) is 39.0 Å². The number of benzene rings is 1. The zero-order valence-corrected chi connectivity index (χ0v) is 10.5. The molecule has 0 radical (unpaired) electrons. The molecule has 0 bridgehead atoms. The number of aryl methyl sites for hydroxylation is 2. The minimum Gasteiger partial charge on any atom is -0.392 e. The second kappa shape index (κ2) is 6.02. The molecular weight excluding hydrogens is 198 g/mol. The van der Waals surface area contributed by atoms with Crippen LogP contribution in [0.4, 0.5) is 0 Å². The minimum absolute atomic E-state index is 0.350. The Hall–Kier alpha value is -0.860. The lowest BCUT2D eigenvalue weighted by Crippen LogP contribution is -2.20. The first-order chi connectivity index (χ1) is 7.52. The smallest absolute Gasteiger partial charge is 0.0665 e. The Morgan fingerprint density at radius 2 is 1.94 bits per heavy atom. The van der Waals surface area contributed by atoms with Crippen LogP contribution < -0.4 is 5.73 Å². The van der Waals surface area contributed by atoms with Gasteiger partial charge in [0.05, 0.1) is 6.10 Å². The van der Waals surface area contributed by atoms with Crippen molar-refractivity contribution in [3.8, 4) is 0 Å². The summed E-state index contributed by atoms with van der Waals surface area (Å²) in [5.74, 6) is 0.554. The van der Waals surface area contributed by atoms with Crippen molar-refractivity contribution in [1.29, 1.82) is 0 Å². The molecule has 0 heterocycles. The molecule has 1 aromatic rings. The first-order valence-corrected chi connectivity index (χ1v) is 6.01. The van der Waals surface area contributed by atoms with E-state index in [-0.39, 0.29) is 6.10 Å². The maximum Gasteiger partial charge on any atom is 0.0665 e. The average molecular weight is 221 g/mol. The summed E-state index contributed by atoms with van der Waals surface area (Å²) in [5, 5.41) is 9.44. The Kier molecular flexibility index (Phi) is 4.97. The van der Waals surface area contributed by atoms with Crippen LogP contribution in [0.5, 0.6) is 0 Å². The van der Waals surface area contributed by atoms with Gasteiger partial charge in [-0.05, 0) is 36.8 Å². The van der Waals surface area contributed by atoms with Crippen LogP contribution in [0.25, 0.3) is 0 Å². The van der Waals surface area contributed by atoms with Crippen molar-refractivity contribution in [2.45, 2.75) is 45.6 Å². The van der Waals surface area contributed by atoms with E-state index in [4.69, 9.17) is 5.73 Å². The molecule has 0 aliphatic heterocycles. The summed E-state index contributed by atoms with van der Waals surface area (Å²) in [5.41, 5.74) is 9.36. The zero-order valence-electron chi connectivity index (χ0n) is 10.5. The molecule has 1 aromatic carbocycles. The molecule has 0 amide bonds. The highest BCUT2D eigenvalue weighted by atomic mass is 16.3. The molecule has 3 N–H and O–H groups in total. The molecule has 0 saturated heterocycles. The average Bonchev–Trinajstić information content (AvgIpc) is 2.25. The number of hydrogen-bond donors (Lipinski definition) is 2. The summed E-state index contributed by atoms with van der Waals surface area (Å²) >= 11 is 0. The van der Waals surface area contributed by atoms with Gasteiger partial charge in [-0.15, -0.1) is 0 Å². The van der Waals surface area contributed by atoms with Gasteiger partial charge >= 0.3 is 0 Å². The third kappa shape index (κ3) is 3.95. The monoisotopic (exact) mass is 221 g/mol. The molecule has 90 valence electrons. The molecule has 0 fully saturated rings. The van der Waals surface area contributed by atoms with Crippen LogP contribution in [-0.2, 0) is 6.42 Å². The number of rotatable bonds is 5. The van der Waals surface area contributed by atoms with Gasteiger partial charge in [0.15, 0.2) is 0 Å². The van der Waals surface area contributed by atoms with Crippen molar-refractivity contribution >= 4 is 0 Å². The molecule has 1 atom stereocenters. The molecule has 0 aliphatic rings. The fourth-order valence-corrected chi connectivity index (χ4v) is 1.82. The van der Waals surface area contributed by atoms with E-state index in [9.17, 15) is 5.11 Å². The van der Waals surface area contributed by atoms with Gasteiger partial charge in [0.1, 0.15) is 0 Å². The Morgan fingerprint density at radius 1 is 1.25 bits per heavy atom. The van der Waals surface area contributed by atoms with Crippen molar-refractivity contribution < 1.29 is 5.11 Å². The Bertz CT molecular complexity index is 334. The van der Waals surface area contributed by atoms with Crippen molar-refractivity contribution in [2.75, 3.05) is 6.54 Å². The predicted molar refractivity (Wildman–Crippen MR) is 68.7 cm³/mol. The highest BCUT2D eigenvalue weighted by molar-refractivity contribution is 5.31. The Morgan fingerprint density at radius 3 is 2.50 bits per heavy atom. The van der Waals surface area contributed by atoms with E-state index in [0.29, 0.717) is 12.5 Å². The normalized spacial score (nSPS) is 13.1. The van der Waals surface area contributed by atoms with E-state index in [1.54, 1.807) is 0 Å². The summed E-state index contributed by atoms with van der Waals surface area (Å²) in [6.07, 6.45) is 1.28. The molecule has 2 heteroatoms. The number of nitrogens with two attached hydrogens (primary N) is 1. The summed E-state index contributed by atoms with van der Waals surface area (Å²) in [4.78, 5) is 0. The highest BCUT2D eigenvalue weighted by Gasteiger charge is 2.05. The lowest BCUT2D eigenvalue weighted by atomic mass is 9.96. The molecule has 2 nitrogen and oxygen atoms in total. The van der Waals surface area contributed by atoms with Crippen LogP contribution in [0.15, 0.2) is 18.2 Å². The number of aliphatic hydroxyl groups is 1. The van der Waals surface area contributed by atoms with Gasteiger partial charge < -0.3 is 10.8 Å². The summed E-state index contributed by atoms with van der Waals surface area (Å²) in [7, 11) is 0. The van der Waals surface area contributed by atoms with Crippen LogP contribution in [0.1, 0.15) is 42.9 Å². The zero-order chi connectivity index (χ0) is 12.1. The van der Waals surface area contributed by atoms with Crippen molar-refractivity contribution in [3.05, 3.63) is 34.9 Å². The summed E-state index contributed by atoms with van der Waals surface area (Å²) in [6, 6.07) is 6.66. The molecule has 0 aliphatic carbocycles. The van der Waals surface area contributed by atoms with Crippen LogP contribution >= 0.6 is 0 Å². The van der Waals surface area contributed by atoms with Gasteiger partial charge in [-0.1, -0.05) is 37.6 Å². The third-order valence-corrected chi connectivity index (χ3v) is 2.86. The molecule has 0 unspecified atom stereocenters. The first kappa shape index (κ1) is 13.2. The molecule has 0 saturated carbocycles. The second-order valence-electron chi connectivity index (χ2n) is 4.83. The largest absolute Gasteiger partial charge is 0.392 e. The van der Waals surface area contributed by atoms with Gasteiger partial charge in [-0.2, -0.15) is 0 Å². The fraction of sp³-hybridized carbons (Fsp3) is 0.571. The van der Waals surface area contributed by atoms with Crippen LogP contribution in [0.2, 0.25) is 0 Å². The summed E-state index contributed by atoms with van der Waals surface area (Å²) < 4.78 is 0. The maximum atomic E-state index is 9.44. The number of aliphatic hydroxyl groups excluding tert-OH is 1. The van der Waals surface area contributed by atoms with Crippen LogP contribution in [-0.4, -0.2) is 17.8 Å². The van der Waals surface area contributed by atoms with Gasteiger partial charge in [0.2, 0.25) is 0 Å².